The Morgan fingerprint density at radius 2 is 1.29 bits per heavy atom. The van der Waals surface area contributed by atoms with E-state index in [-0.39, 0.29) is 0 Å². The molecule has 0 amide bonds. The molecule has 0 aromatic carbocycles. The first-order valence-corrected chi connectivity index (χ1v) is 10.9. The van der Waals surface area contributed by atoms with Crippen LogP contribution in [0.2, 0.25) is 0 Å². The molecule has 0 aliphatic rings. The third-order valence-electron chi connectivity index (χ3n) is 3.69. The average Bonchev–Trinajstić information content (AvgIpc) is 3.46. The van der Waals surface area contributed by atoms with E-state index in [4.69, 9.17) is 28.4 Å². The summed E-state index contributed by atoms with van der Waals surface area (Å²) < 4.78 is 48.8. The zero-order valence-electron chi connectivity index (χ0n) is 17.0. The van der Waals surface area contributed by atoms with Gasteiger partial charge < -0.3 is 28.4 Å². The minimum atomic E-state index is 0.363. The summed E-state index contributed by atoms with van der Waals surface area (Å²) in [4.78, 5) is 4.08. The highest BCUT2D eigenvalue weighted by Gasteiger charge is 2.12. The third-order valence-corrected chi connectivity index (χ3v) is 4.70. The van der Waals surface area contributed by atoms with Crippen LogP contribution in [0, 0.1) is 0 Å². The fraction of sp³-hybridized carbons (Fsp3) is 0.500. The van der Waals surface area contributed by atoms with Gasteiger partial charge in [-0.1, -0.05) is 0 Å². The molecule has 3 heterocycles. The number of rotatable bonds is 16. The van der Waals surface area contributed by atoms with Gasteiger partial charge in [-0.2, -0.15) is 4.37 Å². The van der Waals surface area contributed by atoms with Crippen LogP contribution in [0.25, 0.3) is 11.3 Å². The van der Waals surface area contributed by atoms with Gasteiger partial charge in [-0.05, 0) is 12.1 Å². The highest BCUT2D eigenvalue weighted by atomic mass is 32.1. The Labute approximate surface area is 187 Å². The van der Waals surface area contributed by atoms with Gasteiger partial charge in [0.2, 0.25) is 0 Å². The van der Waals surface area contributed by atoms with Gasteiger partial charge in [0, 0.05) is 18.0 Å². The summed E-state index contributed by atoms with van der Waals surface area (Å²) in [5, 5.41) is 0. The molecule has 0 aliphatic heterocycles. The van der Waals surface area contributed by atoms with E-state index < -0.39 is 0 Å². The smallest absolute Gasteiger partial charge is 0.291 e. The van der Waals surface area contributed by atoms with Crippen LogP contribution in [0.15, 0.2) is 24.5 Å². The summed E-state index contributed by atoms with van der Waals surface area (Å²) in [7, 11) is 1.52. The minimum Gasteiger partial charge on any atom is -0.477 e. The molecule has 0 N–H and O–H groups in total. The molecular formula is C18H23N5O6S2. The van der Waals surface area contributed by atoms with Crippen molar-refractivity contribution in [3.63, 3.8) is 0 Å². The summed E-state index contributed by atoms with van der Waals surface area (Å²) in [6.45, 7) is 3.46. The molecule has 3 aromatic rings. The van der Waals surface area contributed by atoms with Crippen LogP contribution >= 0.6 is 23.5 Å². The van der Waals surface area contributed by atoms with Gasteiger partial charge >= 0.3 is 0 Å². The Bertz CT molecular complexity index is 866. The first-order chi connectivity index (χ1) is 15.4. The number of hydrogen-bond acceptors (Lipinski definition) is 13. The Balaban J connectivity index is 1.14. The van der Waals surface area contributed by atoms with Crippen LogP contribution in [0.4, 0.5) is 0 Å². The van der Waals surface area contributed by atoms with Crippen molar-refractivity contribution < 1.29 is 28.4 Å². The molecule has 11 nitrogen and oxygen atoms in total. The molecule has 0 fully saturated rings. The van der Waals surface area contributed by atoms with Crippen molar-refractivity contribution in [2.45, 2.75) is 0 Å². The van der Waals surface area contributed by atoms with Crippen molar-refractivity contribution in [2.75, 3.05) is 60.0 Å². The van der Waals surface area contributed by atoms with E-state index in [0.29, 0.717) is 76.2 Å². The SMILES string of the molecule is COc1nsnc1OCCOCCOCCOCCOc1nsnc1-c1cccnc1. The van der Waals surface area contributed by atoms with Gasteiger partial charge in [0.05, 0.1) is 70.2 Å². The number of hydrogen-bond donors (Lipinski definition) is 0. The predicted octanol–water partition coefficient (Wildman–Crippen LogP) is 1.97. The molecule has 0 saturated heterocycles. The van der Waals surface area contributed by atoms with Gasteiger partial charge in [0.25, 0.3) is 17.6 Å². The molecule has 3 aromatic heterocycles. The van der Waals surface area contributed by atoms with Gasteiger partial charge in [-0.25, -0.2) is 0 Å². The van der Waals surface area contributed by atoms with E-state index in [1.54, 1.807) is 12.4 Å². The minimum absolute atomic E-state index is 0.363. The normalized spacial score (nSPS) is 10.9. The quantitative estimate of drug-likeness (QED) is 0.286. The number of ether oxygens (including phenoxy) is 6. The zero-order chi connectivity index (χ0) is 21.6. The molecule has 0 radical (unpaired) electrons. The lowest BCUT2D eigenvalue weighted by molar-refractivity contribution is 0.00458. The summed E-state index contributed by atoms with van der Waals surface area (Å²) in [6.07, 6.45) is 3.43. The van der Waals surface area contributed by atoms with E-state index in [9.17, 15) is 0 Å². The van der Waals surface area contributed by atoms with Crippen molar-refractivity contribution in [1.29, 1.82) is 0 Å². The zero-order valence-corrected chi connectivity index (χ0v) is 18.6. The van der Waals surface area contributed by atoms with Gasteiger partial charge in [0.15, 0.2) is 0 Å². The molecule has 0 spiro atoms. The number of aromatic nitrogens is 5. The molecular weight excluding hydrogens is 446 g/mol. The molecule has 0 atom stereocenters. The second-order valence-electron chi connectivity index (χ2n) is 5.77. The van der Waals surface area contributed by atoms with Crippen LogP contribution in [-0.2, 0) is 14.2 Å². The molecule has 3 rings (SSSR count). The fourth-order valence-corrected chi connectivity index (χ4v) is 3.27. The molecule has 13 heteroatoms. The maximum Gasteiger partial charge on any atom is 0.291 e. The Morgan fingerprint density at radius 3 is 1.94 bits per heavy atom. The van der Waals surface area contributed by atoms with E-state index in [1.807, 2.05) is 12.1 Å². The van der Waals surface area contributed by atoms with Crippen LogP contribution in [0.1, 0.15) is 0 Å². The van der Waals surface area contributed by atoms with Crippen molar-refractivity contribution in [3.8, 4) is 28.9 Å². The van der Waals surface area contributed by atoms with Crippen molar-refractivity contribution in [2.24, 2.45) is 0 Å². The van der Waals surface area contributed by atoms with Gasteiger partial charge in [-0.3, -0.25) is 4.98 Å². The summed E-state index contributed by atoms with van der Waals surface area (Å²) in [6, 6.07) is 3.76. The van der Waals surface area contributed by atoms with Crippen LogP contribution in [0.5, 0.6) is 17.6 Å². The van der Waals surface area contributed by atoms with Crippen molar-refractivity contribution in [3.05, 3.63) is 24.5 Å². The predicted molar refractivity (Wildman–Crippen MR) is 113 cm³/mol. The van der Waals surface area contributed by atoms with E-state index in [1.165, 1.54) is 7.11 Å². The molecule has 0 aliphatic carbocycles. The molecule has 0 unspecified atom stereocenters. The average molecular weight is 470 g/mol. The Morgan fingerprint density at radius 1 is 0.710 bits per heavy atom. The lowest BCUT2D eigenvalue weighted by Crippen LogP contribution is -2.14. The second kappa shape index (κ2) is 13.8. The molecule has 0 saturated carbocycles. The Kier molecular flexibility index (Phi) is 10.3. The second-order valence-corrected chi connectivity index (χ2v) is 6.83. The van der Waals surface area contributed by atoms with Crippen LogP contribution in [-0.4, -0.2) is 82.4 Å². The third kappa shape index (κ3) is 7.95. The molecule has 168 valence electrons. The first kappa shape index (κ1) is 23.2. The lowest BCUT2D eigenvalue weighted by Gasteiger charge is -2.08. The number of pyridine rings is 1. The summed E-state index contributed by atoms with van der Waals surface area (Å²) in [5.74, 6) is 1.26. The number of nitrogens with zero attached hydrogens (tertiary/aromatic N) is 5. The fourth-order valence-electron chi connectivity index (χ4n) is 2.28. The monoisotopic (exact) mass is 469 g/mol. The summed E-state index contributed by atoms with van der Waals surface area (Å²) >= 11 is 2.14. The molecule has 0 bridgehead atoms. The summed E-state index contributed by atoms with van der Waals surface area (Å²) in [5.41, 5.74) is 1.56. The number of methoxy groups -OCH3 is 1. The maximum absolute atomic E-state index is 5.65. The van der Waals surface area contributed by atoms with Gasteiger partial charge in [-0.15, -0.1) is 13.1 Å². The standard InChI is InChI=1S/C18H23N5O6S2/c1-24-17-18(23-31-22-17)29-12-10-27-8-6-25-5-7-26-9-11-28-16-15(20-30-21-16)14-3-2-4-19-13-14/h2-4,13H,5-12H2,1H3. The van der Waals surface area contributed by atoms with Crippen molar-refractivity contribution in [1.82, 2.24) is 22.5 Å². The Hall–Kier alpha value is -2.45. The van der Waals surface area contributed by atoms with E-state index >= 15 is 0 Å². The highest BCUT2D eigenvalue weighted by Crippen LogP contribution is 2.26. The largest absolute Gasteiger partial charge is 0.477 e. The highest BCUT2D eigenvalue weighted by molar-refractivity contribution is 6.99. The maximum atomic E-state index is 5.65. The van der Waals surface area contributed by atoms with Crippen LogP contribution < -0.4 is 14.2 Å². The lowest BCUT2D eigenvalue weighted by atomic mass is 10.2. The van der Waals surface area contributed by atoms with Crippen LogP contribution in [0.3, 0.4) is 0 Å². The first-order valence-electron chi connectivity index (χ1n) is 9.47. The topological polar surface area (TPSA) is 120 Å². The van der Waals surface area contributed by atoms with Gasteiger partial charge in [0.1, 0.15) is 18.9 Å². The molecule has 31 heavy (non-hydrogen) atoms. The van der Waals surface area contributed by atoms with E-state index in [2.05, 4.69) is 22.5 Å². The van der Waals surface area contributed by atoms with E-state index in [0.717, 1.165) is 29.0 Å². The van der Waals surface area contributed by atoms with Crippen molar-refractivity contribution >= 4 is 23.5 Å².